The van der Waals surface area contributed by atoms with Gasteiger partial charge in [0.05, 0.1) is 25.4 Å². The Morgan fingerprint density at radius 2 is 0.827 bits per heavy atom. The zero-order valence-corrected chi connectivity index (χ0v) is 48.0. The fourth-order valence-corrected chi connectivity index (χ4v) is 9.35. The highest BCUT2D eigenvalue weighted by molar-refractivity contribution is 5.76. The molecule has 0 saturated carbocycles. The van der Waals surface area contributed by atoms with Crippen molar-refractivity contribution in [3.63, 3.8) is 0 Å². The van der Waals surface area contributed by atoms with Gasteiger partial charge in [0.15, 0.2) is 6.29 Å². The first kappa shape index (κ1) is 70.1. The second-order valence-corrected chi connectivity index (χ2v) is 21.1. The molecule has 6 N–H and O–H groups in total. The van der Waals surface area contributed by atoms with E-state index in [1.165, 1.54) is 141 Å². The molecule has 1 amide bonds. The van der Waals surface area contributed by atoms with Crippen LogP contribution in [-0.4, -0.2) is 87.5 Å². The lowest BCUT2D eigenvalue weighted by Crippen LogP contribution is -2.60. The summed E-state index contributed by atoms with van der Waals surface area (Å²) in [6.07, 6.45) is 71.6. The normalized spacial score (nSPS) is 19.6. The molecule has 7 atom stereocenters. The van der Waals surface area contributed by atoms with Crippen molar-refractivity contribution in [2.75, 3.05) is 13.2 Å². The van der Waals surface area contributed by atoms with Gasteiger partial charge < -0.3 is 40.3 Å². The number of ether oxygens (including phenoxy) is 2. The van der Waals surface area contributed by atoms with E-state index in [0.29, 0.717) is 19.3 Å². The molecule has 0 aromatic carbocycles. The van der Waals surface area contributed by atoms with Gasteiger partial charge in [0, 0.05) is 6.42 Å². The molecule has 1 aliphatic heterocycles. The van der Waals surface area contributed by atoms with Crippen LogP contribution in [-0.2, 0) is 14.3 Å². The van der Waals surface area contributed by atoms with E-state index in [4.69, 9.17) is 9.47 Å². The van der Waals surface area contributed by atoms with Gasteiger partial charge in [0.2, 0.25) is 5.91 Å². The van der Waals surface area contributed by atoms with Crippen LogP contribution in [0.5, 0.6) is 0 Å². The van der Waals surface area contributed by atoms with E-state index in [2.05, 4.69) is 116 Å². The van der Waals surface area contributed by atoms with E-state index >= 15 is 0 Å². The molecule has 1 saturated heterocycles. The Hall–Kier alpha value is -2.89. The van der Waals surface area contributed by atoms with Gasteiger partial charge in [-0.1, -0.05) is 272 Å². The van der Waals surface area contributed by atoms with Crippen LogP contribution in [0.3, 0.4) is 0 Å². The summed E-state index contributed by atoms with van der Waals surface area (Å²) >= 11 is 0. The highest BCUT2D eigenvalue weighted by Gasteiger charge is 2.44. The number of nitrogens with one attached hydrogen (secondary N) is 1. The molecular weight excluding hydrogens is 935 g/mol. The van der Waals surface area contributed by atoms with Crippen LogP contribution in [0.25, 0.3) is 0 Å². The zero-order valence-electron chi connectivity index (χ0n) is 48.0. The molecule has 75 heavy (non-hydrogen) atoms. The SMILES string of the molecule is CC/C=C\C/C=C\C/C=C\C/C=C\C/C=C\C/C=C\C/C=C\C/C=C\CCCCC(=O)NC(COC1OC(CO)C(O)C(O)C1O)C(O)CCCCCCCCCCCCCCCCCCCCCCCCCCC. The molecule has 432 valence electrons. The Labute approximate surface area is 460 Å². The van der Waals surface area contributed by atoms with E-state index in [0.717, 1.165) is 83.5 Å². The summed E-state index contributed by atoms with van der Waals surface area (Å²) < 4.78 is 11.3. The van der Waals surface area contributed by atoms with E-state index in [1.807, 2.05) is 0 Å². The van der Waals surface area contributed by atoms with Crippen molar-refractivity contribution >= 4 is 5.91 Å². The Balaban J connectivity index is 2.24. The molecular formula is C66H115NO8. The Morgan fingerprint density at radius 3 is 1.20 bits per heavy atom. The number of allylic oxidation sites excluding steroid dienone is 16. The van der Waals surface area contributed by atoms with Gasteiger partial charge in [-0.15, -0.1) is 0 Å². The van der Waals surface area contributed by atoms with Crippen molar-refractivity contribution in [2.45, 2.75) is 301 Å². The smallest absolute Gasteiger partial charge is 0.220 e. The summed E-state index contributed by atoms with van der Waals surface area (Å²) in [5, 5.41) is 54.8. The summed E-state index contributed by atoms with van der Waals surface area (Å²) in [6, 6.07) is -0.751. The molecule has 0 aromatic rings. The van der Waals surface area contributed by atoms with Crippen molar-refractivity contribution in [2.24, 2.45) is 0 Å². The third kappa shape index (κ3) is 43.7. The third-order valence-electron chi connectivity index (χ3n) is 14.2. The minimum absolute atomic E-state index is 0.161. The second-order valence-electron chi connectivity index (χ2n) is 21.1. The summed E-state index contributed by atoms with van der Waals surface area (Å²) in [4.78, 5) is 13.1. The number of carbonyl (C=O) groups excluding carboxylic acids is 1. The molecule has 0 bridgehead atoms. The van der Waals surface area contributed by atoms with Crippen molar-refractivity contribution in [1.29, 1.82) is 0 Å². The lowest BCUT2D eigenvalue weighted by molar-refractivity contribution is -0.302. The number of amides is 1. The van der Waals surface area contributed by atoms with Crippen LogP contribution >= 0.6 is 0 Å². The lowest BCUT2D eigenvalue weighted by Gasteiger charge is -2.40. The number of carbonyl (C=O) groups is 1. The van der Waals surface area contributed by atoms with Gasteiger partial charge in [0.1, 0.15) is 24.4 Å². The molecule has 1 fully saturated rings. The van der Waals surface area contributed by atoms with Crippen LogP contribution in [0, 0.1) is 0 Å². The molecule has 1 rings (SSSR count). The maximum absolute atomic E-state index is 13.1. The van der Waals surface area contributed by atoms with Crippen LogP contribution in [0.1, 0.15) is 258 Å². The Kier molecular flexibility index (Phi) is 50.9. The molecule has 1 heterocycles. The number of unbranched alkanes of at least 4 members (excludes halogenated alkanes) is 26. The largest absolute Gasteiger partial charge is 0.394 e. The van der Waals surface area contributed by atoms with E-state index in [9.17, 15) is 30.3 Å². The molecule has 9 nitrogen and oxygen atoms in total. The maximum Gasteiger partial charge on any atom is 0.220 e. The standard InChI is InChI=1S/C66H115NO8/c1-3-5-7-9-11-13-15-17-19-21-23-25-27-29-30-32-34-36-38-40-42-44-46-48-50-52-54-56-62(70)67-59(58-74-66-65(73)64(72)63(71)61(57-68)75-66)60(69)55-53-51-49-47-45-43-41-39-37-35-33-31-28-26-24-22-20-18-16-14-12-10-8-6-4-2/h5,7,11,13,17,19,23,25,29-30,34,36,40,42,46,48,59-61,63-66,68-69,71-73H,3-4,6,8-10,12,14-16,18,20-22,24,26-28,31-33,35,37-39,41,43-45,47,49-58H2,1-2H3,(H,67,70)/b7-5-,13-11-,19-17-,25-23-,30-29-,36-34-,42-40-,48-46-. The summed E-state index contributed by atoms with van der Waals surface area (Å²) in [7, 11) is 0. The summed E-state index contributed by atoms with van der Waals surface area (Å²) in [5.41, 5.74) is 0. The molecule has 0 spiro atoms. The highest BCUT2D eigenvalue weighted by Crippen LogP contribution is 2.23. The molecule has 0 radical (unpaired) electrons. The van der Waals surface area contributed by atoms with E-state index < -0.39 is 49.5 Å². The van der Waals surface area contributed by atoms with Crippen molar-refractivity contribution < 1.29 is 39.8 Å². The zero-order chi connectivity index (χ0) is 54.3. The van der Waals surface area contributed by atoms with Crippen molar-refractivity contribution in [3.8, 4) is 0 Å². The monoisotopic (exact) mass is 1050 g/mol. The van der Waals surface area contributed by atoms with Crippen molar-refractivity contribution in [1.82, 2.24) is 5.32 Å². The predicted molar refractivity (Wildman–Crippen MR) is 318 cm³/mol. The first-order valence-corrected chi connectivity index (χ1v) is 30.9. The Morgan fingerprint density at radius 1 is 0.467 bits per heavy atom. The average Bonchev–Trinajstić information content (AvgIpc) is 3.41. The highest BCUT2D eigenvalue weighted by atomic mass is 16.7. The van der Waals surface area contributed by atoms with Crippen LogP contribution < -0.4 is 5.32 Å². The fourth-order valence-electron chi connectivity index (χ4n) is 9.35. The van der Waals surface area contributed by atoms with Crippen molar-refractivity contribution in [3.05, 3.63) is 97.2 Å². The quantitative estimate of drug-likeness (QED) is 0.0261. The number of aliphatic hydroxyl groups is 5. The minimum Gasteiger partial charge on any atom is -0.394 e. The fraction of sp³-hybridized carbons (Fsp3) is 0.742. The van der Waals surface area contributed by atoms with Gasteiger partial charge in [-0.3, -0.25) is 4.79 Å². The van der Waals surface area contributed by atoms with Crippen LogP contribution in [0.2, 0.25) is 0 Å². The number of hydrogen-bond donors (Lipinski definition) is 6. The number of hydrogen-bond acceptors (Lipinski definition) is 8. The van der Waals surface area contributed by atoms with E-state index in [-0.39, 0.29) is 12.5 Å². The van der Waals surface area contributed by atoms with Crippen LogP contribution in [0.15, 0.2) is 97.2 Å². The minimum atomic E-state index is -1.57. The average molecular weight is 1050 g/mol. The van der Waals surface area contributed by atoms with Gasteiger partial charge in [-0.2, -0.15) is 0 Å². The van der Waals surface area contributed by atoms with Gasteiger partial charge in [0.25, 0.3) is 0 Å². The molecule has 7 unspecified atom stereocenters. The third-order valence-corrected chi connectivity index (χ3v) is 14.2. The van der Waals surface area contributed by atoms with Gasteiger partial charge >= 0.3 is 0 Å². The summed E-state index contributed by atoms with van der Waals surface area (Å²) in [5.74, 6) is -0.187. The van der Waals surface area contributed by atoms with E-state index in [1.54, 1.807) is 0 Å². The van der Waals surface area contributed by atoms with Gasteiger partial charge in [-0.25, -0.2) is 0 Å². The topological polar surface area (TPSA) is 149 Å². The second kappa shape index (κ2) is 54.5. The van der Waals surface area contributed by atoms with Gasteiger partial charge in [-0.05, 0) is 77.0 Å². The molecule has 9 heteroatoms. The molecule has 0 aromatic heterocycles. The molecule has 1 aliphatic rings. The molecule has 0 aliphatic carbocycles. The first-order chi connectivity index (χ1) is 36.8. The number of aliphatic hydroxyl groups excluding tert-OH is 5. The Bertz CT molecular complexity index is 1500. The first-order valence-electron chi connectivity index (χ1n) is 30.9. The predicted octanol–water partition coefficient (Wildman–Crippen LogP) is 16.0. The summed E-state index contributed by atoms with van der Waals surface area (Å²) in [6.45, 7) is 3.72. The number of rotatable bonds is 52. The maximum atomic E-state index is 13.1. The van der Waals surface area contributed by atoms with Crippen LogP contribution in [0.4, 0.5) is 0 Å². The lowest BCUT2D eigenvalue weighted by atomic mass is 9.99.